The zero-order valence-corrected chi connectivity index (χ0v) is 9.22. The normalized spacial score (nSPS) is 11.8. The van der Waals surface area contributed by atoms with Crippen LogP contribution in [0.15, 0.2) is 24.3 Å². The summed E-state index contributed by atoms with van der Waals surface area (Å²) in [5.41, 5.74) is -0.849. The lowest BCUT2D eigenvalue weighted by Gasteiger charge is -2.09. The van der Waals surface area contributed by atoms with Crippen LogP contribution >= 0.6 is 11.5 Å². The van der Waals surface area contributed by atoms with E-state index in [2.05, 4.69) is 9.36 Å². The molecule has 1 heterocycles. The maximum atomic E-state index is 12.7. The molecule has 0 bridgehead atoms. The first kappa shape index (κ1) is 12.0. The highest BCUT2D eigenvalue weighted by atomic mass is 32.1. The van der Waals surface area contributed by atoms with Gasteiger partial charge in [-0.1, -0.05) is 18.2 Å². The summed E-state index contributed by atoms with van der Waals surface area (Å²) in [7, 11) is 0. The predicted octanol–water partition coefficient (Wildman–Crippen LogP) is 2.72. The smallest absolute Gasteiger partial charge is 0.389 e. The molecule has 3 nitrogen and oxygen atoms in total. The summed E-state index contributed by atoms with van der Waals surface area (Å²) >= 11 is 0.885. The highest BCUT2D eigenvalue weighted by Crippen LogP contribution is 2.36. The van der Waals surface area contributed by atoms with E-state index >= 15 is 0 Å². The van der Waals surface area contributed by atoms with Crippen LogP contribution in [0.3, 0.4) is 0 Å². The van der Waals surface area contributed by atoms with Gasteiger partial charge >= 0.3 is 6.18 Å². The second kappa shape index (κ2) is 4.42. The lowest BCUT2D eigenvalue weighted by atomic mass is 10.1. The van der Waals surface area contributed by atoms with E-state index in [0.29, 0.717) is 0 Å². The van der Waals surface area contributed by atoms with Gasteiger partial charge in [-0.15, -0.1) is 0 Å². The average Bonchev–Trinajstić information content (AvgIpc) is 2.76. The van der Waals surface area contributed by atoms with Crippen LogP contribution in [0.5, 0.6) is 0 Å². The van der Waals surface area contributed by atoms with Crippen LogP contribution in [0.1, 0.15) is 10.6 Å². The molecule has 90 valence electrons. The average molecular weight is 260 g/mol. The molecule has 0 saturated heterocycles. The van der Waals surface area contributed by atoms with Crippen molar-refractivity contribution >= 4 is 11.5 Å². The standard InChI is InChI=1S/C10H7F3N2OS/c11-10(12,13)7-4-2-1-3-6(7)9-14-8(5-16)17-15-9/h1-4,16H,5H2. The van der Waals surface area contributed by atoms with E-state index in [1.54, 1.807) is 0 Å². The van der Waals surface area contributed by atoms with Crippen molar-refractivity contribution in [1.29, 1.82) is 0 Å². The Kier molecular flexibility index (Phi) is 3.12. The van der Waals surface area contributed by atoms with Gasteiger partial charge in [0.15, 0.2) is 5.82 Å². The molecule has 0 amide bonds. The number of aliphatic hydroxyl groups excluding tert-OH is 1. The van der Waals surface area contributed by atoms with Crippen molar-refractivity contribution in [3.8, 4) is 11.4 Å². The van der Waals surface area contributed by atoms with Crippen LogP contribution in [0, 0.1) is 0 Å². The van der Waals surface area contributed by atoms with Crippen LogP contribution in [-0.2, 0) is 12.8 Å². The van der Waals surface area contributed by atoms with Crippen LogP contribution in [0.4, 0.5) is 13.2 Å². The molecule has 0 radical (unpaired) electrons. The quantitative estimate of drug-likeness (QED) is 0.903. The van der Waals surface area contributed by atoms with E-state index in [9.17, 15) is 13.2 Å². The molecular formula is C10H7F3N2OS. The number of aromatic nitrogens is 2. The van der Waals surface area contributed by atoms with E-state index in [1.807, 2.05) is 0 Å². The SMILES string of the molecule is OCc1nc(-c2ccccc2C(F)(F)F)ns1. The molecule has 0 aliphatic heterocycles. The van der Waals surface area contributed by atoms with Crippen LogP contribution in [-0.4, -0.2) is 14.5 Å². The Morgan fingerprint density at radius 2 is 1.94 bits per heavy atom. The van der Waals surface area contributed by atoms with Gasteiger partial charge in [-0.2, -0.15) is 17.5 Å². The molecule has 1 aromatic heterocycles. The van der Waals surface area contributed by atoms with Crippen molar-refractivity contribution in [2.75, 3.05) is 0 Å². The highest BCUT2D eigenvalue weighted by molar-refractivity contribution is 7.05. The topological polar surface area (TPSA) is 46.0 Å². The number of benzene rings is 1. The van der Waals surface area contributed by atoms with Gasteiger partial charge in [0.05, 0.1) is 12.2 Å². The maximum absolute atomic E-state index is 12.7. The van der Waals surface area contributed by atoms with Gasteiger partial charge in [0.25, 0.3) is 0 Å². The predicted molar refractivity (Wildman–Crippen MR) is 56.3 cm³/mol. The van der Waals surface area contributed by atoms with Crippen LogP contribution in [0.25, 0.3) is 11.4 Å². The molecule has 0 atom stereocenters. The van der Waals surface area contributed by atoms with Crippen LogP contribution < -0.4 is 0 Å². The summed E-state index contributed by atoms with van der Waals surface area (Å²) in [5.74, 6) is -0.00743. The Morgan fingerprint density at radius 3 is 2.53 bits per heavy atom. The lowest BCUT2D eigenvalue weighted by molar-refractivity contribution is -0.137. The molecule has 0 unspecified atom stereocenters. The van der Waals surface area contributed by atoms with Gasteiger partial charge in [-0.25, -0.2) is 4.98 Å². The largest absolute Gasteiger partial charge is 0.417 e. The Hall–Kier alpha value is -1.47. The van der Waals surface area contributed by atoms with Gasteiger partial charge in [0.2, 0.25) is 0 Å². The monoisotopic (exact) mass is 260 g/mol. The first-order valence-corrected chi connectivity index (χ1v) is 5.39. The summed E-state index contributed by atoms with van der Waals surface area (Å²) < 4.78 is 42.0. The molecule has 0 fully saturated rings. The summed E-state index contributed by atoms with van der Waals surface area (Å²) in [6.45, 7) is -0.328. The molecule has 7 heteroatoms. The molecular weight excluding hydrogens is 253 g/mol. The van der Waals surface area contributed by atoms with E-state index in [-0.39, 0.29) is 23.0 Å². The number of rotatable bonds is 2. The number of alkyl halides is 3. The Morgan fingerprint density at radius 1 is 1.24 bits per heavy atom. The molecule has 2 rings (SSSR count). The Labute approximate surface area is 98.7 Å². The summed E-state index contributed by atoms with van der Waals surface area (Å²) in [4.78, 5) is 3.83. The number of hydrogen-bond donors (Lipinski definition) is 1. The van der Waals surface area contributed by atoms with Gasteiger partial charge in [0.1, 0.15) is 5.01 Å². The second-order valence-corrected chi connectivity index (χ2v) is 4.05. The van der Waals surface area contributed by atoms with Gasteiger partial charge in [-0.05, 0) is 17.6 Å². The molecule has 0 aliphatic carbocycles. The highest BCUT2D eigenvalue weighted by Gasteiger charge is 2.34. The van der Waals surface area contributed by atoms with Crippen LogP contribution in [0.2, 0.25) is 0 Å². The Balaban J connectivity index is 2.52. The first-order chi connectivity index (χ1) is 8.02. The zero-order valence-electron chi connectivity index (χ0n) is 8.40. The summed E-state index contributed by atoms with van der Waals surface area (Å²) in [5, 5.41) is 9.10. The van der Waals surface area contributed by atoms with E-state index in [1.165, 1.54) is 18.2 Å². The van der Waals surface area contributed by atoms with Crippen molar-refractivity contribution < 1.29 is 18.3 Å². The lowest BCUT2D eigenvalue weighted by Crippen LogP contribution is -2.07. The van der Waals surface area contributed by atoms with E-state index < -0.39 is 11.7 Å². The number of halogens is 3. The summed E-state index contributed by atoms with van der Waals surface area (Å²) in [6, 6.07) is 5.09. The Bertz CT molecular complexity index is 524. The third kappa shape index (κ3) is 2.45. The fraction of sp³-hybridized carbons (Fsp3) is 0.200. The van der Waals surface area contributed by atoms with Crippen molar-refractivity contribution in [2.45, 2.75) is 12.8 Å². The van der Waals surface area contributed by atoms with Crippen molar-refractivity contribution in [2.24, 2.45) is 0 Å². The minimum absolute atomic E-state index is 0.00743. The van der Waals surface area contributed by atoms with Crippen molar-refractivity contribution in [1.82, 2.24) is 9.36 Å². The molecule has 0 aliphatic rings. The van der Waals surface area contributed by atoms with Gasteiger partial charge in [0, 0.05) is 5.56 Å². The molecule has 0 saturated carbocycles. The molecule has 1 aromatic carbocycles. The maximum Gasteiger partial charge on any atom is 0.417 e. The van der Waals surface area contributed by atoms with Gasteiger partial charge in [-0.3, -0.25) is 0 Å². The summed E-state index contributed by atoms with van der Waals surface area (Å²) in [6.07, 6.45) is -4.44. The number of hydrogen-bond acceptors (Lipinski definition) is 4. The molecule has 0 spiro atoms. The third-order valence-corrected chi connectivity index (χ3v) is 2.77. The number of nitrogens with zero attached hydrogens (tertiary/aromatic N) is 2. The minimum atomic E-state index is -4.44. The van der Waals surface area contributed by atoms with Crippen molar-refractivity contribution in [3.63, 3.8) is 0 Å². The van der Waals surface area contributed by atoms with Gasteiger partial charge < -0.3 is 5.11 Å². The molecule has 2 aromatic rings. The van der Waals surface area contributed by atoms with Crippen molar-refractivity contribution in [3.05, 3.63) is 34.8 Å². The zero-order chi connectivity index (χ0) is 12.5. The fourth-order valence-corrected chi connectivity index (χ4v) is 1.87. The minimum Gasteiger partial charge on any atom is -0.389 e. The number of aliphatic hydroxyl groups is 1. The first-order valence-electron chi connectivity index (χ1n) is 4.62. The molecule has 1 N–H and O–H groups in total. The molecule has 17 heavy (non-hydrogen) atoms. The fourth-order valence-electron chi connectivity index (χ4n) is 1.35. The second-order valence-electron chi connectivity index (χ2n) is 3.21. The third-order valence-electron chi connectivity index (χ3n) is 2.08. The van der Waals surface area contributed by atoms with E-state index in [4.69, 9.17) is 5.11 Å². The van der Waals surface area contributed by atoms with E-state index in [0.717, 1.165) is 17.6 Å².